The van der Waals surface area contributed by atoms with Crippen molar-refractivity contribution in [1.29, 1.82) is 0 Å². The van der Waals surface area contributed by atoms with Crippen molar-refractivity contribution in [3.8, 4) is 0 Å². The summed E-state index contributed by atoms with van der Waals surface area (Å²) in [7, 11) is 1.90. The monoisotopic (exact) mass is 249 g/mol. The van der Waals surface area contributed by atoms with Crippen LogP contribution in [0.5, 0.6) is 0 Å². The number of nitrogens with zero attached hydrogens (tertiary/aromatic N) is 2. The minimum absolute atomic E-state index is 0.156. The fourth-order valence-corrected chi connectivity index (χ4v) is 2.44. The zero-order valence-electron chi connectivity index (χ0n) is 10.6. The molecule has 1 heterocycles. The van der Waals surface area contributed by atoms with Gasteiger partial charge < -0.3 is 10.2 Å². The molecule has 0 aromatic heterocycles. The van der Waals surface area contributed by atoms with Gasteiger partial charge >= 0.3 is 0 Å². The number of benzene rings is 1. The zero-order chi connectivity index (χ0) is 13.0. The number of nitrogens with one attached hydrogen (secondary N) is 1. The topological polar surface area (TPSA) is 58.4 Å². The number of non-ortho nitro benzene ring substituents is 1. The van der Waals surface area contributed by atoms with Crippen LogP contribution in [0, 0.1) is 10.1 Å². The van der Waals surface area contributed by atoms with Crippen molar-refractivity contribution in [3.05, 3.63) is 39.9 Å². The van der Waals surface area contributed by atoms with Gasteiger partial charge in [0.05, 0.1) is 4.92 Å². The molecule has 1 aromatic carbocycles. The van der Waals surface area contributed by atoms with Crippen LogP contribution in [0.4, 0.5) is 5.69 Å². The van der Waals surface area contributed by atoms with Crippen LogP contribution in [0.1, 0.15) is 24.4 Å². The first kappa shape index (κ1) is 13.0. The van der Waals surface area contributed by atoms with Crippen molar-refractivity contribution in [1.82, 2.24) is 10.2 Å². The lowest BCUT2D eigenvalue weighted by Gasteiger charge is -2.23. The Bertz CT molecular complexity index is 416. The molecule has 18 heavy (non-hydrogen) atoms. The van der Waals surface area contributed by atoms with Crippen LogP contribution in [0.2, 0.25) is 0 Å². The lowest BCUT2D eigenvalue weighted by molar-refractivity contribution is -0.384. The van der Waals surface area contributed by atoms with Crippen LogP contribution in [0.3, 0.4) is 0 Å². The van der Waals surface area contributed by atoms with Crippen molar-refractivity contribution < 1.29 is 4.92 Å². The molecule has 1 fully saturated rings. The molecule has 5 nitrogen and oxygen atoms in total. The Kier molecular flexibility index (Phi) is 4.28. The maximum Gasteiger partial charge on any atom is 0.269 e. The summed E-state index contributed by atoms with van der Waals surface area (Å²) in [5, 5.41) is 14.0. The molecule has 1 aliphatic heterocycles. The number of likely N-dealkylation sites (N-methyl/N-ethyl adjacent to an activating group) is 1. The Morgan fingerprint density at radius 1 is 1.44 bits per heavy atom. The summed E-state index contributed by atoms with van der Waals surface area (Å²) < 4.78 is 0. The molecular formula is C13H19N3O2. The van der Waals surface area contributed by atoms with Crippen molar-refractivity contribution in [2.24, 2.45) is 0 Å². The largest absolute Gasteiger partial charge is 0.312 e. The molecule has 0 bridgehead atoms. The van der Waals surface area contributed by atoms with Gasteiger partial charge in [-0.05, 0) is 38.5 Å². The molecule has 1 atom stereocenters. The molecule has 1 aromatic rings. The molecular weight excluding hydrogens is 230 g/mol. The van der Waals surface area contributed by atoms with E-state index in [4.69, 9.17) is 0 Å². The van der Waals surface area contributed by atoms with Crippen molar-refractivity contribution in [2.45, 2.75) is 18.9 Å². The number of nitro groups is 1. The lowest BCUT2D eigenvalue weighted by Crippen LogP contribution is -2.31. The van der Waals surface area contributed by atoms with E-state index in [1.165, 1.54) is 18.9 Å². The summed E-state index contributed by atoms with van der Waals surface area (Å²) in [5.41, 5.74) is 1.15. The van der Waals surface area contributed by atoms with Gasteiger partial charge in [-0.25, -0.2) is 0 Å². The Morgan fingerprint density at radius 2 is 2.17 bits per heavy atom. The minimum Gasteiger partial charge on any atom is -0.312 e. The van der Waals surface area contributed by atoms with Crippen molar-refractivity contribution >= 4 is 5.69 Å². The summed E-state index contributed by atoms with van der Waals surface area (Å²) in [5.74, 6) is 0. The van der Waals surface area contributed by atoms with Gasteiger partial charge in [0.2, 0.25) is 0 Å². The van der Waals surface area contributed by atoms with Gasteiger partial charge in [0, 0.05) is 24.7 Å². The quantitative estimate of drug-likeness (QED) is 0.640. The Balaban J connectivity index is 2.10. The highest BCUT2D eigenvalue weighted by atomic mass is 16.6. The van der Waals surface area contributed by atoms with E-state index in [0.717, 1.165) is 25.2 Å². The molecule has 1 aliphatic rings. The van der Waals surface area contributed by atoms with E-state index in [0.29, 0.717) is 0 Å². The smallest absolute Gasteiger partial charge is 0.269 e. The predicted octanol–water partition coefficient (Wildman–Crippen LogP) is 1.95. The van der Waals surface area contributed by atoms with Crippen molar-refractivity contribution in [2.75, 3.05) is 26.7 Å². The maximum absolute atomic E-state index is 10.8. The number of nitro benzene ring substituents is 1. The molecule has 0 unspecified atom stereocenters. The normalized spacial score (nSPS) is 17.8. The fourth-order valence-electron chi connectivity index (χ4n) is 2.44. The maximum atomic E-state index is 10.8. The highest BCUT2D eigenvalue weighted by molar-refractivity contribution is 5.36. The van der Waals surface area contributed by atoms with Crippen LogP contribution in [0.15, 0.2) is 24.3 Å². The molecule has 0 spiro atoms. The van der Waals surface area contributed by atoms with E-state index in [9.17, 15) is 10.1 Å². The standard InChI is InChI=1S/C13H19N3O2/c1-14-13(10-15-7-2-3-8-15)11-5-4-6-12(9-11)16(17)18/h4-6,9,13-14H,2-3,7-8,10H2,1H3/t13-/m1/s1. The summed E-state index contributed by atoms with van der Waals surface area (Å²) in [4.78, 5) is 12.8. The second-order valence-corrected chi connectivity index (χ2v) is 4.70. The second-order valence-electron chi connectivity index (χ2n) is 4.70. The summed E-state index contributed by atoms with van der Waals surface area (Å²) in [6, 6.07) is 7.05. The lowest BCUT2D eigenvalue weighted by atomic mass is 10.1. The Morgan fingerprint density at radius 3 is 2.78 bits per heavy atom. The number of likely N-dealkylation sites (tertiary alicyclic amines) is 1. The molecule has 0 saturated carbocycles. The van der Waals surface area contributed by atoms with Crippen molar-refractivity contribution in [3.63, 3.8) is 0 Å². The summed E-state index contributed by atoms with van der Waals surface area (Å²) in [6.45, 7) is 3.18. The molecule has 0 aliphatic carbocycles. The molecule has 0 radical (unpaired) electrons. The van der Waals surface area contributed by atoms with Gasteiger partial charge in [0.15, 0.2) is 0 Å². The van der Waals surface area contributed by atoms with Crippen LogP contribution < -0.4 is 5.32 Å². The van der Waals surface area contributed by atoms with Crippen LogP contribution in [-0.2, 0) is 0 Å². The highest BCUT2D eigenvalue weighted by Gasteiger charge is 2.19. The highest BCUT2D eigenvalue weighted by Crippen LogP contribution is 2.21. The van der Waals surface area contributed by atoms with E-state index in [-0.39, 0.29) is 16.7 Å². The van der Waals surface area contributed by atoms with Gasteiger partial charge in [-0.15, -0.1) is 0 Å². The average molecular weight is 249 g/mol. The summed E-state index contributed by atoms with van der Waals surface area (Å²) >= 11 is 0. The van der Waals surface area contributed by atoms with Crippen LogP contribution in [0.25, 0.3) is 0 Å². The van der Waals surface area contributed by atoms with Gasteiger partial charge in [0.1, 0.15) is 0 Å². The van der Waals surface area contributed by atoms with Gasteiger partial charge in [0.25, 0.3) is 5.69 Å². The van der Waals surface area contributed by atoms with Crippen LogP contribution in [-0.4, -0.2) is 36.5 Å². The first-order chi connectivity index (χ1) is 8.70. The van der Waals surface area contributed by atoms with Crippen LogP contribution >= 0.6 is 0 Å². The molecule has 0 amide bonds. The first-order valence-corrected chi connectivity index (χ1v) is 6.34. The number of rotatable bonds is 5. The Labute approximate surface area is 107 Å². The number of hydrogen-bond donors (Lipinski definition) is 1. The zero-order valence-corrected chi connectivity index (χ0v) is 10.6. The SMILES string of the molecule is CN[C@H](CN1CCCC1)c1cccc([N+](=O)[O-])c1. The molecule has 5 heteroatoms. The molecule has 98 valence electrons. The van der Waals surface area contributed by atoms with Gasteiger partial charge in [-0.2, -0.15) is 0 Å². The third-order valence-corrected chi connectivity index (χ3v) is 3.47. The van der Waals surface area contributed by atoms with E-state index in [1.807, 2.05) is 13.1 Å². The molecule has 1 saturated heterocycles. The molecule has 1 N–H and O–H groups in total. The van der Waals surface area contributed by atoms with Gasteiger partial charge in [-0.3, -0.25) is 10.1 Å². The number of hydrogen-bond acceptors (Lipinski definition) is 4. The Hall–Kier alpha value is -1.46. The van der Waals surface area contributed by atoms with Gasteiger partial charge in [-0.1, -0.05) is 12.1 Å². The average Bonchev–Trinajstić information content (AvgIpc) is 2.89. The second kappa shape index (κ2) is 5.93. The van der Waals surface area contributed by atoms with E-state index in [2.05, 4.69) is 10.2 Å². The minimum atomic E-state index is -0.341. The van der Waals surface area contributed by atoms with E-state index < -0.39 is 0 Å². The first-order valence-electron chi connectivity index (χ1n) is 6.34. The molecule has 2 rings (SSSR count). The third-order valence-electron chi connectivity index (χ3n) is 3.47. The predicted molar refractivity (Wildman–Crippen MR) is 70.6 cm³/mol. The van der Waals surface area contributed by atoms with E-state index >= 15 is 0 Å². The van der Waals surface area contributed by atoms with E-state index in [1.54, 1.807) is 12.1 Å². The third kappa shape index (κ3) is 3.05. The fraction of sp³-hybridized carbons (Fsp3) is 0.538. The summed E-state index contributed by atoms with van der Waals surface area (Å²) in [6.07, 6.45) is 2.51.